The van der Waals surface area contributed by atoms with Crippen LogP contribution >= 0.6 is 0 Å². The number of carbonyl (C=O) groups excluding carboxylic acids is 1. The van der Waals surface area contributed by atoms with Crippen LogP contribution in [0.4, 0.5) is 11.7 Å². The topological polar surface area (TPSA) is 76.8 Å². The van der Waals surface area contributed by atoms with E-state index in [1.807, 2.05) is 30.3 Å². The molecule has 1 N–H and O–H groups in total. The second-order valence-corrected chi connectivity index (χ2v) is 8.57. The Morgan fingerprint density at radius 3 is 2.97 bits per heavy atom. The molecule has 3 aliphatic rings. The standard InChI is InChI=1S/C23H23N3O4/c27-21(16-2-4-19-15(10-16)6-9-29-19)24-17-3-5-20-18(11-17)25-22(30-20)26-8-1-7-23(12-26)13-28-14-23/h2-5,10-11H,1,6-9,12-14H2,(H,24,27). The molecule has 2 fully saturated rings. The molecule has 6 rings (SSSR count). The predicted octanol–water partition coefficient (Wildman–Crippen LogP) is 3.63. The molecule has 7 heteroatoms. The molecule has 0 saturated carbocycles. The Morgan fingerprint density at radius 2 is 2.10 bits per heavy atom. The Kier molecular flexibility index (Phi) is 3.99. The predicted molar refractivity (Wildman–Crippen MR) is 112 cm³/mol. The van der Waals surface area contributed by atoms with Gasteiger partial charge in [-0.2, -0.15) is 4.98 Å². The van der Waals surface area contributed by atoms with Crippen molar-refractivity contribution >= 4 is 28.7 Å². The van der Waals surface area contributed by atoms with E-state index in [0.29, 0.717) is 23.9 Å². The lowest BCUT2D eigenvalue weighted by Gasteiger charge is -2.47. The minimum absolute atomic E-state index is 0.143. The lowest BCUT2D eigenvalue weighted by molar-refractivity contribution is -0.118. The Labute approximate surface area is 174 Å². The molecule has 0 bridgehead atoms. The van der Waals surface area contributed by atoms with Crippen LogP contribution in [0.25, 0.3) is 11.1 Å². The van der Waals surface area contributed by atoms with Crippen LogP contribution in [0.3, 0.4) is 0 Å². The van der Waals surface area contributed by atoms with Crippen LogP contribution in [0.2, 0.25) is 0 Å². The molecule has 1 amide bonds. The van der Waals surface area contributed by atoms with Gasteiger partial charge in [0.2, 0.25) is 0 Å². The zero-order valence-corrected chi connectivity index (χ0v) is 16.6. The van der Waals surface area contributed by atoms with Gasteiger partial charge in [0.25, 0.3) is 11.9 Å². The molecule has 30 heavy (non-hydrogen) atoms. The third-order valence-corrected chi connectivity index (χ3v) is 6.33. The molecule has 4 heterocycles. The van der Waals surface area contributed by atoms with Gasteiger partial charge in [-0.15, -0.1) is 0 Å². The minimum atomic E-state index is -0.143. The van der Waals surface area contributed by atoms with Crippen molar-refractivity contribution < 1.29 is 18.7 Å². The second kappa shape index (κ2) is 6.74. The number of amides is 1. The molecule has 0 radical (unpaired) electrons. The van der Waals surface area contributed by atoms with E-state index in [2.05, 4.69) is 10.2 Å². The fourth-order valence-electron chi connectivity index (χ4n) is 4.66. The van der Waals surface area contributed by atoms with Gasteiger partial charge in [-0.25, -0.2) is 0 Å². The lowest BCUT2D eigenvalue weighted by atomic mass is 9.78. The van der Waals surface area contributed by atoms with Crippen molar-refractivity contribution in [2.24, 2.45) is 5.41 Å². The van der Waals surface area contributed by atoms with Crippen LogP contribution in [-0.2, 0) is 11.2 Å². The molecule has 154 valence electrons. The fourth-order valence-corrected chi connectivity index (χ4v) is 4.66. The molecule has 1 aromatic heterocycles. The number of hydrogen-bond acceptors (Lipinski definition) is 6. The first-order valence-electron chi connectivity index (χ1n) is 10.5. The van der Waals surface area contributed by atoms with E-state index in [1.165, 1.54) is 6.42 Å². The van der Waals surface area contributed by atoms with Crippen molar-refractivity contribution in [3.63, 3.8) is 0 Å². The molecule has 0 atom stereocenters. The van der Waals surface area contributed by atoms with Gasteiger partial charge in [0, 0.05) is 36.2 Å². The summed E-state index contributed by atoms with van der Waals surface area (Å²) in [7, 11) is 0. The number of piperidine rings is 1. The summed E-state index contributed by atoms with van der Waals surface area (Å²) in [5, 5.41) is 2.97. The minimum Gasteiger partial charge on any atom is -0.493 e. The molecule has 2 saturated heterocycles. The van der Waals surface area contributed by atoms with E-state index in [1.54, 1.807) is 6.07 Å². The second-order valence-electron chi connectivity index (χ2n) is 8.57. The van der Waals surface area contributed by atoms with Gasteiger partial charge < -0.3 is 24.1 Å². The van der Waals surface area contributed by atoms with Crippen molar-refractivity contribution in [1.29, 1.82) is 0 Å². The number of rotatable bonds is 3. The summed E-state index contributed by atoms with van der Waals surface area (Å²) in [6.45, 7) is 4.20. The van der Waals surface area contributed by atoms with Crippen molar-refractivity contribution in [2.45, 2.75) is 19.3 Å². The van der Waals surface area contributed by atoms with Gasteiger partial charge in [0.15, 0.2) is 5.58 Å². The van der Waals surface area contributed by atoms with Gasteiger partial charge in [-0.05, 0) is 54.8 Å². The third kappa shape index (κ3) is 3.01. The van der Waals surface area contributed by atoms with E-state index in [0.717, 1.165) is 61.6 Å². The Bertz CT molecular complexity index is 1130. The zero-order chi connectivity index (χ0) is 20.1. The molecule has 3 aliphatic heterocycles. The number of fused-ring (bicyclic) bond motifs is 2. The average Bonchev–Trinajstić information content (AvgIpc) is 3.38. The number of ether oxygens (including phenoxy) is 2. The Morgan fingerprint density at radius 1 is 1.17 bits per heavy atom. The van der Waals surface area contributed by atoms with Crippen molar-refractivity contribution in [3.05, 3.63) is 47.5 Å². The summed E-state index contributed by atoms with van der Waals surface area (Å²) in [5.41, 5.74) is 4.14. The van der Waals surface area contributed by atoms with Gasteiger partial charge in [0.05, 0.1) is 19.8 Å². The molecule has 0 aliphatic carbocycles. The number of hydrogen-bond donors (Lipinski definition) is 1. The number of carbonyl (C=O) groups is 1. The smallest absolute Gasteiger partial charge is 0.298 e. The summed E-state index contributed by atoms with van der Waals surface area (Å²) in [4.78, 5) is 19.6. The summed E-state index contributed by atoms with van der Waals surface area (Å²) >= 11 is 0. The first kappa shape index (κ1) is 17.8. The van der Waals surface area contributed by atoms with Gasteiger partial charge in [-0.3, -0.25) is 4.79 Å². The van der Waals surface area contributed by atoms with Crippen LogP contribution in [0.5, 0.6) is 5.75 Å². The number of anilines is 2. The number of nitrogens with zero attached hydrogens (tertiary/aromatic N) is 2. The van der Waals surface area contributed by atoms with Gasteiger partial charge in [-0.1, -0.05) is 0 Å². The van der Waals surface area contributed by atoms with E-state index < -0.39 is 0 Å². The maximum Gasteiger partial charge on any atom is 0.298 e. The zero-order valence-electron chi connectivity index (χ0n) is 16.6. The normalized spacial score (nSPS) is 19.4. The summed E-state index contributed by atoms with van der Waals surface area (Å²) in [6, 6.07) is 11.8. The number of aromatic nitrogens is 1. The highest BCUT2D eigenvalue weighted by molar-refractivity contribution is 6.05. The number of nitrogens with one attached hydrogen (secondary N) is 1. The van der Waals surface area contributed by atoms with Crippen LogP contribution < -0.4 is 15.0 Å². The SMILES string of the molecule is O=C(Nc1ccc2oc(N3CCCC4(COC4)C3)nc2c1)c1ccc2c(c1)CCO2. The van der Waals surface area contributed by atoms with Gasteiger partial charge in [0.1, 0.15) is 11.3 Å². The van der Waals surface area contributed by atoms with E-state index >= 15 is 0 Å². The third-order valence-electron chi connectivity index (χ3n) is 6.33. The highest BCUT2D eigenvalue weighted by Gasteiger charge is 2.43. The maximum atomic E-state index is 12.7. The highest BCUT2D eigenvalue weighted by Crippen LogP contribution is 2.39. The summed E-state index contributed by atoms with van der Waals surface area (Å²) in [6.07, 6.45) is 3.16. The van der Waals surface area contributed by atoms with E-state index in [-0.39, 0.29) is 11.3 Å². The van der Waals surface area contributed by atoms with Crippen LogP contribution in [0.1, 0.15) is 28.8 Å². The Hall–Kier alpha value is -3.06. The summed E-state index contributed by atoms with van der Waals surface area (Å²) < 4.78 is 17.0. The molecule has 3 aromatic rings. The van der Waals surface area contributed by atoms with E-state index in [9.17, 15) is 4.79 Å². The average molecular weight is 405 g/mol. The maximum absolute atomic E-state index is 12.7. The lowest BCUT2D eigenvalue weighted by Crippen LogP contribution is -2.54. The first-order valence-corrected chi connectivity index (χ1v) is 10.5. The quantitative estimate of drug-likeness (QED) is 0.717. The van der Waals surface area contributed by atoms with Gasteiger partial charge >= 0.3 is 0 Å². The van der Waals surface area contributed by atoms with Crippen molar-refractivity contribution in [3.8, 4) is 5.75 Å². The Balaban J connectivity index is 1.21. The largest absolute Gasteiger partial charge is 0.493 e. The molecule has 7 nitrogen and oxygen atoms in total. The van der Waals surface area contributed by atoms with Crippen molar-refractivity contribution in [1.82, 2.24) is 4.98 Å². The molecular weight excluding hydrogens is 382 g/mol. The number of benzene rings is 2. The van der Waals surface area contributed by atoms with Crippen LogP contribution in [0.15, 0.2) is 40.8 Å². The van der Waals surface area contributed by atoms with Crippen LogP contribution in [-0.4, -0.2) is 43.8 Å². The molecule has 2 aromatic carbocycles. The van der Waals surface area contributed by atoms with E-state index in [4.69, 9.17) is 18.9 Å². The number of oxazole rings is 1. The molecule has 0 unspecified atom stereocenters. The fraction of sp³-hybridized carbons (Fsp3) is 0.391. The summed E-state index contributed by atoms with van der Waals surface area (Å²) in [5.74, 6) is 0.728. The monoisotopic (exact) mass is 405 g/mol. The molecule has 1 spiro atoms. The first-order chi connectivity index (χ1) is 14.7. The van der Waals surface area contributed by atoms with Crippen molar-refractivity contribution in [2.75, 3.05) is 43.1 Å². The highest BCUT2D eigenvalue weighted by atomic mass is 16.5. The van der Waals surface area contributed by atoms with Crippen LogP contribution in [0, 0.1) is 5.41 Å². The molecular formula is C23H23N3O4.